The number of carboxylic acids is 1. The second kappa shape index (κ2) is 7.22. The zero-order valence-corrected chi connectivity index (χ0v) is 18.4. The molecule has 2 heterocycles. The Kier molecular flexibility index (Phi) is 4.99. The summed E-state index contributed by atoms with van der Waals surface area (Å²) >= 11 is 7.38. The number of aliphatic imine (C=N–C) groups is 1. The number of fused-ring (bicyclic) bond motifs is 1. The highest BCUT2D eigenvalue weighted by Gasteiger charge is 2.53. The first-order valence-corrected chi connectivity index (χ1v) is 10.8. The minimum atomic E-state index is -0.897. The van der Waals surface area contributed by atoms with E-state index in [1.54, 1.807) is 0 Å². The smallest absolute Gasteiger partial charge is 0.344 e. The van der Waals surface area contributed by atoms with E-state index in [-0.39, 0.29) is 12.0 Å². The first-order chi connectivity index (χ1) is 13.7. The van der Waals surface area contributed by atoms with Crippen LogP contribution in [0.1, 0.15) is 43.5 Å². The first-order valence-electron chi connectivity index (χ1n) is 9.59. The van der Waals surface area contributed by atoms with Crippen molar-refractivity contribution in [1.82, 2.24) is 4.90 Å². The third kappa shape index (κ3) is 3.26. The number of aryl methyl sites for hydroxylation is 1. The normalized spacial score (nSPS) is 23.6. The van der Waals surface area contributed by atoms with Gasteiger partial charge in [0.2, 0.25) is 0 Å². The summed E-state index contributed by atoms with van der Waals surface area (Å²) in [6.45, 7) is 8.25. The summed E-state index contributed by atoms with van der Waals surface area (Å²) in [5, 5.41) is 11.2. The van der Waals surface area contributed by atoms with Crippen LogP contribution in [0.5, 0.6) is 0 Å². The minimum absolute atomic E-state index is 0.0572. The van der Waals surface area contributed by atoms with Gasteiger partial charge in [-0.25, -0.2) is 9.79 Å². The number of rotatable bonds is 4. The number of aliphatic carboxylic acids is 1. The molecule has 2 aromatic carbocycles. The van der Waals surface area contributed by atoms with Gasteiger partial charge in [0.25, 0.3) is 0 Å². The van der Waals surface area contributed by atoms with Gasteiger partial charge in [-0.2, -0.15) is 0 Å². The lowest BCUT2D eigenvalue weighted by Gasteiger charge is -2.37. The Morgan fingerprint density at radius 2 is 1.79 bits per heavy atom. The predicted octanol–water partition coefficient (Wildman–Crippen LogP) is 5.98. The molecule has 0 aromatic heterocycles. The average Bonchev–Trinajstić information content (AvgIpc) is 3.16. The number of hydrogen-bond donors (Lipinski definition) is 1. The summed E-state index contributed by atoms with van der Waals surface area (Å²) in [6.07, 6.45) is 0. The van der Waals surface area contributed by atoms with E-state index in [0.29, 0.717) is 9.93 Å². The Morgan fingerprint density at radius 1 is 1.17 bits per heavy atom. The average molecular weight is 427 g/mol. The zero-order valence-electron chi connectivity index (χ0n) is 16.8. The molecule has 2 aliphatic heterocycles. The van der Waals surface area contributed by atoms with Crippen LogP contribution in [0.4, 0.5) is 0 Å². The third-order valence-electron chi connectivity index (χ3n) is 5.57. The molecular formula is C23H23ClN2O2S. The molecule has 150 valence electrons. The van der Waals surface area contributed by atoms with Crippen molar-refractivity contribution in [2.24, 2.45) is 10.9 Å². The van der Waals surface area contributed by atoms with Gasteiger partial charge in [0, 0.05) is 10.7 Å². The van der Waals surface area contributed by atoms with Gasteiger partial charge in [0.15, 0.2) is 5.17 Å². The molecule has 2 atom stereocenters. The van der Waals surface area contributed by atoms with Crippen LogP contribution in [0, 0.1) is 12.8 Å². The lowest BCUT2D eigenvalue weighted by Crippen LogP contribution is -2.36. The van der Waals surface area contributed by atoms with Crippen LogP contribution in [0.15, 0.2) is 64.1 Å². The van der Waals surface area contributed by atoms with Crippen molar-refractivity contribution < 1.29 is 9.90 Å². The van der Waals surface area contributed by atoms with Gasteiger partial charge in [0.1, 0.15) is 10.4 Å². The monoisotopic (exact) mass is 426 g/mol. The van der Waals surface area contributed by atoms with Gasteiger partial charge in [-0.3, -0.25) is 0 Å². The van der Waals surface area contributed by atoms with Crippen molar-refractivity contribution in [3.05, 3.63) is 80.8 Å². The maximum Gasteiger partial charge on any atom is 0.344 e. The van der Waals surface area contributed by atoms with Gasteiger partial charge < -0.3 is 10.0 Å². The molecule has 0 radical (unpaired) electrons. The molecule has 29 heavy (non-hydrogen) atoms. The molecule has 1 unspecified atom stereocenters. The van der Waals surface area contributed by atoms with Crippen LogP contribution in [0.2, 0.25) is 5.02 Å². The Hall–Kier alpha value is -2.24. The van der Waals surface area contributed by atoms with E-state index in [1.807, 2.05) is 38.1 Å². The summed E-state index contributed by atoms with van der Waals surface area (Å²) < 4.78 is 0. The fraction of sp³-hybridized carbons (Fsp3) is 0.304. The number of hydrogen-bond acceptors (Lipinski definition) is 4. The number of halogens is 1. The Balaban J connectivity index is 1.92. The van der Waals surface area contributed by atoms with Crippen molar-refractivity contribution in [2.45, 2.75) is 39.3 Å². The van der Waals surface area contributed by atoms with Crippen LogP contribution < -0.4 is 0 Å². The Bertz CT molecular complexity index is 1030. The number of allylic oxidation sites excluding steroid dienone is 1. The van der Waals surface area contributed by atoms with Crippen LogP contribution in [0.25, 0.3) is 0 Å². The van der Waals surface area contributed by atoms with Crippen molar-refractivity contribution >= 4 is 34.5 Å². The molecule has 0 saturated heterocycles. The lowest BCUT2D eigenvalue weighted by atomic mass is 9.81. The number of carbonyl (C=O) groups is 1. The molecule has 0 fully saturated rings. The number of benzene rings is 2. The molecule has 1 N–H and O–H groups in total. The van der Waals surface area contributed by atoms with Gasteiger partial charge in [-0.1, -0.05) is 67.4 Å². The van der Waals surface area contributed by atoms with Gasteiger partial charge in [-0.05, 0) is 54.8 Å². The van der Waals surface area contributed by atoms with Crippen LogP contribution >= 0.6 is 23.4 Å². The lowest BCUT2D eigenvalue weighted by molar-refractivity contribution is -0.131. The highest BCUT2D eigenvalue weighted by Crippen LogP contribution is 2.55. The van der Waals surface area contributed by atoms with Gasteiger partial charge in [0.05, 0.1) is 6.04 Å². The van der Waals surface area contributed by atoms with Crippen molar-refractivity contribution in [2.75, 3.05) is 0 Å². The molecule has 6 heteroatoms. The fourth-order valence-electron chi connectivity index (χ4n) is 4.17. The number of nitrogens with zero attached hydrogens (tertiary/aromatic N) is 2. The first kappa shape index (κ1) is 20.0. The molecule has 0 bridgehead atoms. The highest BCUT2D eigenvalue weighted by atomic mass is 35.5. The summed E-state index contributed by atoms with van der Waals surface area (Å²) in [4.78, 5) is 19.5. The predicted molar refractivity (Wildman–Crippen MR) is 119 cm³/mol. The molecule has 4 rings (SSSR count). The Morgan fingerprint density at radius 3 is 2.34 bits per heavy atom. The summed E-state index contributed by atoms with van der Waals surface area (Å²) in [5.41, 5.74) is 3.60. The van der Waals surface area contributed by atoms with E-state index < -0.39 is 11.5 Å². The SMILES string of the molecule is Cc1ccc([C@H]2N3C(=NC2(C)c2ccc(Cl)cc2)SC(C(=O)O)=C3C(C)C)cc1. The number of carboxylic acid groups (broad SMARTS) is 1. The number of thioether (sulfide) groups is 1. The molecule has 2 aliphatic rings. The molecule has 0 spiro atoms. The van der Waals surface area contributed by atoms with E-state index in [1.165, 1.54) is 17.3 Å². The molecule has 0 saturated carbocycles. The Labute approximate surface area is 180 Å². The molecular weight excluding hydrogens is 404 g/mol. The standard InChI is InChI=1S/C23H23ClN2O2S/c1-13(2)18-19(21(27)28)29-22-25-23(4,16-9-11-17(24)12-10-16)20(26(18)22)15-7-5-14(3)6-8-15/h5-13,20H,1-4H3,(H,27,28)/t20-,23?/m1/s1. The van der Waals surface area contributed by atoms with Gasteiger partial charge >= 0.3 is 5.97 Å². The second-order valence-corrected chi connectivity index (χ2v) is 9.42. The van der Waals surface area contributed by atoms with Crippen molar-refractivity contribution in [3.63, 3.8) is 0 Å². The van der Waals surface area contributed by atoms with Crippen LogP contribution in [0.3, 0.4) is 0 Å². The van der Waals surface area contributed by atoms with E-state index in [0.717, 1.165) is 22.0 Å². The molecule has 2 aromatic rings. The van der Waals surface area contributed by atoms with Gasteiger partial charge in [-0.15, -0.1) is 0 Å². The summed E-state index contributed by atoms with van der Waals surface area (Å²) in [7, 11) is 0. The minimum Gasteiger partial charge on any atom is -0.477 e. The topological polar surface area (TPSA) is 52.9 Å². The summed E-state index contributed by atoms with van der Waals surface area (Å²) in [6, 6.07) is 16.1. The summed E-state index contributed by atoms with van der Waals surface area (Å²) in [5.74, 6) is -0.839. The van der Waals surface area contributed by atoms with E-state index >= 15 is 0 Å². The van der Waals surface area contributed by atoms with Crippen molar-refractivity contribution in [3.8, 4) is 0 Å². The maximum absolute atomic E-state index is 11.9. The molecule has 0 aliphatic carbocycles. The van der Waals surface area contributed by atoms with E-state index in [9.17, 15) is 9.90 Å². The fourth-order valence-corrected chi connectivity index (χ4v) is 5.54. The molecule has 4 nitrogen and oxygen atoms in total. The van der Waals surface area contributed by atoms with E-state index in [4.69, 9.17) is 16.6 Å². The van der Waals surface area contributed by atoms with Crippen molar-refractivity contribution in [1.29, 1.82) is 0 Å². The highest BCUT2D eigenvalue weighted by molar-refractivity contribution is 8.18. The molecule has 0 amide bonds. The largest absolute Gasteiger partial charge is 0.477 e. The number of amidine groups is 1. The zero-order chi connectivity index (χ0) is 20.9. The van der Waals surface area contributed by atoms with E-state index in [2.05, 4.69) is 43.0 Å². The van der Waals surface area contributed by atoms with Crippen LogP contribution in [-0.4, -0.2) is 21.1 Å². The second-order valence-electron chi connectivity index (χ2n) is 8.01. The third-order valence-corrected chi connectivity index (χ3v) is 6.88. The quantitative estimate of drug-likeness (QED) is 0.653. The maximum atomic E-state index is 11.9. The van der Waals surface area contributed by atoms with Crippen LogP contribution in [-0.2, 0) is 10.3 Å².